The predicted octanol–water partition coefficient (Wildman–Crippen LogP) is 5.03. The van der Waals surface area contributed by atoms with Crippen LogP contribution in [0, 0.1) is 6.92 Å². The molecule has 8 heteroatoms. The Morgan fingerprint density at radius 1 is 1.14 bits per heavy atom. The molecule has 0 spiro atoms. The minimum Gasteiger partial charge on any atom is -0.491 e. The summed E-state index contributed by atoms with van der Waals surface area (Å²) >= 11 is 1.67. The summed E-state index contributed by atoms with van der Waals surface area (Å²) in [6, 6.07) is 16.6. The number of hydrogen-bond donors (Lipinski definition) is 2. The maximum atomic E-state index is 13.8. The molecule has 1 amide bonds. The van der Waals surface area contributed by atoms with Gasteiger partial charge in [0.15, 0.2) is 0 Å². The summed E-state index contributed by atoms with van der Waals surface area (Å²) < 4.78 is 9.29. The van der Waals surface area contributed by atoms with Crippen LogP contribution < -0.4 is 10.1 Å². The third-order valence-corrected chi connectivity index (χ3v) is 7.53. The second-order valence-corrected chi connectivity index (χ2v) is 10.00. The van der Waals surface area contributed by atoms with Crippen molar-refractivity contribution in [3.8, 4) is 16.9 Å². The lowest BCUT2D eigenvalue weighted by molar-refractivity contribution is 0.0723. The number of imidazole rings is 1. The van der Waals surface area contributed by atoms with Gasteiger partial charge in [-0.25, -0.2) is 4.98 Å². The summed E-state index contributed by atoms with van der Waals surface area (Å²) in [5, 5.41) is 5.23. The number of benzene rings is 2. The third-order valence-electron chi connectivity index (χ3n) is 6.68. The van der Waals surface area contributed by atoms with Gasteiger partial charge < -0.3 is 24.5 Å². The average Bonchev–Trinajstić information content (AvgIpc) is 3.35. The number of carbonyl (C=O) groups is 1. The van der Waals surface area contributed by atoms with Crippen molar-refractivity contribution in [3.63, 3.8) is 0 Å². The minimum atomic E-state index is 0.0332. The number of ether oxygens (including phenoxy) is 1. The van der Waals surface area contributed by atoms with Crippen LogP contribution in [0.25, 0.3) is 32.4 Å². The predicted molar refractivity (Wildman–Crippen MR) is 138 cm³/mol. The fourth-order valence-electron chi connectivity index (χ4n) is 4.86. The molecule has 2 aliphatic heterocycles. The van der Waals surface area contributed by atoms with Crippen LogP contribution in [0.3, 0.4) is 0 Å². The number of aryl methyl sites for hydroxylation is 1. The van der Waals surface area contributed by atoms with Gasteiger partial charge in [0, 0.05) is 18.3 Å². The monoisotopic (exact) mass is 481 g/mol. The smallest absolute Gasteiger partial charge is 0.270 e. The lowest BCUT2D eigenvalue weighted by atomic mass is 10.0. The fourth-order valence-corrected chi connectivity index (χ4v) is 5.69. The van der Waals surface area contributed by atoms with E-state index in [0.29, 0.717) is 26.2 Å². The molecule has 3 aromatic heterocycles. The number of nitrogens with zero attached hydrogens (tertiary/aromatic N) is 3. The number of fused-ring (bicyclic) bond motifs is 3. The largest absolute Gasteiger partial charge is 0.491 e. The Morgan fingerprint density at radius 3 is 2.89 bits per heavy atom. The van der Waals surface area contributed by atoms with Crippen LogP contribution in [0.4, 0.5) is 0 Å². The normalized spacial score (nSPS) is 14.9. The first kappa shape index (κ1) is 20.3. The van der Waals surface area contributed by atoms with E-state index in [1.165, 1.54) is 0 Å². The van der Waals surface area contributed by atoms with Crippen molar-refractivity contribution in [2.75, 3.05) is 13.2 Å². The Bertz CT molecular complexity index is 1660. The van der Waals surface area contributed by atoms with E-state index >= 15 is 0 Å². The summed E-state index contributed by atoms with van der Waals surface area (Å²) in [7, 11) is 0. The SMILES string of the molecule is Cc1nc2ccc(-c3ccc4c(c3)CN(C(=O)c3cc5sccc5n3CC3=CN3)CCO4)cc2[nH]1. The van der Waals surface area contributed by atoms with Crippen molar-refractivity contribution in [2.45, 2.75) is 20.0 Å². The van der Waals surface area contributed by atoms with Crippen LogP contribution in [-0.4, -0.2) is 38.5 Å². The third kappa shape index (κ3) is 3.57. The standard InChI is InChI=1S/C27H23N5O2S/c1-16-29-21-4-2-18(11-22(21)30-16)17-3-5-25-19(10-17)14-31(7-8-34-25)27(33)24-12-26-23(6-9-35-26)32(24)15-20-13-28-20/h2-6,9-13,28H,7-8,14-15H2,1H3,(H,29,30). The van der Waals surface area contributed by atoms with E-state index in [-0.39, 0.29) is 5.91 Å². The first-order valence-corrected chi connectivity index (χ1v) is 12.5. The Labute approximate surface area is 205 Å². The number of hydrogen-bond acceptors (Lipinski definition) is 5. The van der Waals surface area contributed by atoms with Crippen molar-refractivity contribution in [1.82, 2.24) is 24.8 Å². The number of rotatable bonds is 4. The first-order valence-electron chi connectivity index (χ1n) is 11.7. The van der Waals surface area contributed by atoms with Crippen LogP contribution in [0.1, 0.15) is 21.9 Å². The zero-order valence-electron chi connectivity index (χ0n) is 19.2. The molecule has 0 saturated carbocycles. The highest BCUT2D eigenvalue weighted by atomic mass is 32.1. The zero-order valence-corrected chi connectivity index (χ0v) is 20.0. The highest BCUT2D eigenvalue weighted by molar-refractivity contribution is 7.17. The van der Waals surface area contributed by atoms with E-state index in [9.17, 15) is 4.79 Å². The number of allylic oxidation sites excluding steroid dienone is 1. The van der Waals surface area contributed by atoms with Crippen LogP contribution in [-0.2, 0) is 13.1 Å². The molecule has 5 heterocycles. The number of H-pyrrole nitrogens is 1. The molecule has 2 N–H and O–H groups in total. The molecular weight excluding hydrogens is 458 g/mol. The molecule has 0 bridgehead atoms. The number of thiophene rings is 1. The number of aromatic amines is 1. The molecule has 5 aromatic rings. The van der Waals surface area contributed by atoms with Crippen molar-refractivity contribution < 1.29 is 9.53 Å². The molecule has 0 radical (unpaired) electrons. The van der Waals surface area contributed by atoms with Crippen molar-refractivity contribution in [1.29, 1.82) is 0 Å². The number of nitrogens with one attached hydrogen (secondary N) is 2. The van der Waals surface area contributed by atoms with Crippen LogP contribution in [0.15, 0.2) is 65.8 Å². The van der Waals surface area contributed by atoms with Gasteiger partial charge in [-0.2, -0.15) is 0 Å². The van der Waals surface area contributed by atoms with Crippen molar-refractivity contribution >= 4 is 38.5 Å². The van der Waals surface area contributed by atoms with Gasteiger partial charge in [0.2, 0.25) is 0 Å². The van der Waals surface area contributed by atoms with Gasteiger partial charge in [-0.05, 0) is 59.8 Å². The van der Waals surface area contributed by atoms with E-state index < -0.39 is 0 Å². The number of carbonyl (C=O) groups excluding carboxylic acids is 1. The summed E-state index contributed by atoms with van der Waals surface area (Å²) in [6.45, 7) is 4.17. The molecule has 0 unspecified atom stereocenters. The number of aromatic nitrogens is 3. The molecule has 0 aliphatic carbocycles. The molecule has 0 atom stereocenters. The van der Waals surface area contributed by atoms with E-state index in [4.69, 9.17) is 4.74 Å². The Balaban J connectivity index is 1.22. The molecular formula is C27H23N5O2S. The minimum absolute atomic E-state index is 0.0332. The highest BCUT2D eigenvalue weighted by Gasteiger charge is 2.26. The molecule has 7 nitrogen and oxygen atoms in total. The van der Waals surface area contributed by atoms with Gasteiger partial charge in [0.05, 0.1) is 40.0 Å². The van der Waals surface area contributed by atoms with Crippen molar-refractivity contribution in [2.24, 2.45) is 0 Å². The van der Waals surface area contributed by atoms with Gasteiger partial charge in [-0.3, -0.25) is 4.79 Å². The summed E-state index contributed by atoms with van der Waals surface area (Å²) in [6.07, 6.45) is 1.98. The molecule has 35 heavy (non-hydrogen) atoms. The van der Waals surface area contributed by atoms with Gasteiger partial charge in [-0.1, -0.05) is 12.1 Å². The molecule has 7 rings (SSSR count). The lowest BCUT2D eigenvalue weighted by Crippen LogP contribution is -2.34. The molecule has 0 saturated heterocycles. The highest BCUT2D eigenvalue weighted by Crippen LogP contribution is 2.32. The Hall–Kier alpha value is -4.04. The molecule has 0 fully saturated rings. The van der Waals surface area contributed by atoms with Crippen LogP contribution >= 0.6 is 11.3 Å². The maximum Gasteiger partial charge on any atom is 0.270 e. The summed E-state index contributed by atoms with van der Waals surface area (Å²) in [5.74, 6) is 1.78. The van der Waals surface area contributed by atoms with E-state index in [1.54, 1.807) is 11.3 Å². The molecule has 174 valence electrons. The van der Waals surface area contributed by atoms with Crippen molar-refractivity contribution in [3.05, 3.63) is 82.9 Å². The van der Waals surface area contributed by atoms with Crippen LogP contribution in [0.2, 0.25) is 0 Å². The van der Waals surface area contributed by atoms with Gasteiger partial charge in [-0.15, -0.1) is 11.3 Å². The van der Waals surface area contributed by atoms with Gasteiger partial charge in [0.1, 0.15) is 23.9 Å². The van der Waals surface area contributed by atoms with Gasteiger partial charge >= 0.3 is 0 Å². The Kier molecular flexibility index (Phi) is 4.50. The first-order chi connectivity index (χ1) is 17.1. The molecule has 2 aromatic carbocycles. The summed E-state index contributed by atoms with van der Waals surface area (Å²) in [5.41, 5.74) is 8.15. The second kappa shape index (κ2) is 7.74. The lowest BCUT2D eigenvalue weighted by Gasteiger charge is -2.21. The van der Waals surface area contributed by atoms with Gasteiger partial charge in [0.25, 0.3) is 5.91 Å². The number of amides is 1. The van der Waals surface area contributed by atoms with Crippen LogP contribution in [0.5, 0.6) is 5.75 Å². The van der Waals surface area contributed by atoms with E-state index in [1.807, 2.05) is 36.2 Å². The zero-order chi connectivity index (χ0) is 23.5. The Morgan fingerprint density at radius 2 is 2.00 bits per heavy atom. The summed E-state index contributed by atoms with van der Waals surface area (Å²) in [4.78, 5) is 23.5. The van der Waals surface area contributed by atoms with E-state index in [2.05, 4.69) is 55.6 Å². The second-order valence-electron chi connectivity index (χ2n) is 9.05. The maximum absolute atomic E-state index is 13.8. The topological polar surface area (TPSA) is 85.1 Å². The molecule has 2 aliphatic rings. The quantitative estimate of drug-likeness (QED) is 0.377. The van der Waals surface area contributed by atoms with E-state index in [0.717, 1.165) is 60.9 Å². The average molecular weight is 482 g/mol. The fraction of sp³-hybridized carbons (Fsp3) is 0.185.